The Morgan fingerprint density at radius 1 is 1.12 bits per heavy atom. The molecule has 0 saturated heterocycles. The third-order valence-electron chi connectivity index (χ3n) is 3.46. The minimum Gasteiger partial charge on any atom is -0.307 e. The van der Waals surface area contributed by atoms with Gasteiger partial charge in [-0.25, -0.2) is 0 Å². The van der Waals surface area contributed by atoms with Crippen LogP contribution in [0.4, 0.5) is 0 Å². The van der Waals surface area contributed by atoms with E-state index < -0.39 is 0 Å². The summed E-state index contributed by atoms with van der Waals surface area (Å²) < 4.78 is 1.15. The SMILES string of the molecule is CC(NC1CCCCC1)c1ccc(Br)cc1. The molecule has 0 bridgehead atoms. The van der Waals surface area contributed by atoms with Crippen LogP contribution in [0.25, 0.3) is 0 Å². The van der Waals surface area contributed by atoms with E-state index in [-0.39, 0.29) is 0 Å². The zero-order valence-corrected chi connectivity index (χ0v) is 11.5. The van der Waals surface area contributed by atoms with Crippen LogP contribution in [-0.2, 0) is 0 Å². The van der Waals surface area contributed by atoms with Gasteiger partial charge in [-0.1, -0.05) is 47.3 Å². The molecule has 0 heterocycles. The molecule has 1 saturated carbocycles. The lowest BCUT2D eigenvalue weighted by Crippen LogP contribution is -2.33. The summed E-state index contributed by atoms with van der Waals surface area (Å²) in [6.07, 6.45) is 6.90. The first-order chi connectivity index (χ1) is 7.75. The second-order valence-electron chi connectivity index (χ2n) is 4.77. The summed E-state index contributed by atoms with van der Waals surface area (Å²) in [5, 5.41) is 3.74. The summed E-state index contributed by atoms with van der Waals surface area (Å²) in [6, 6.07) is 9.83. The summed E-state index contributed by atoms with van der Waals surface area (Å²) in [6.45, 7) is 2.26. The highest BCUT2D eigenvalue weighted by molar-refractivity contribution is 9.10. The zero-order valence-electron chi connectivity index (χ0n) is 9.88. The largest absolute Gasteiger partial charge is 0.307 e. The lowest BCUT2D eigenvalue weighted by Gasteiger charge is -2.26. The molecule has 1 aromatic rings. The van der Waals surface area contributed by atoms with E-state index in [2.05, 4.69) is 52.4 Å². The van der Waals surface area contributed by atoms with Gasteiger partial charge in [-0.3, -0.25) is 0 Å². The Morgan fingerprint density at radius 2 is 1.75 bits per heavy atom. The Bertz CT molecular complexity index is 314. The fraction of sp³-hybridized carbons (Fsp3) is 0.571. The number of halogens is 1. The Morgan fingerprint density at radius 3 is 2.38 bits per heavy atom. The number of rotatable bonds is 3. The first-order valence-corrected chi connectivity index (χ1v) is 7.06. The van der Waals surface area contributed by atoms with Gasteiger partial charge in [0.05, 0.1) is 0 Å². The van der Waals surface area contributed by atoms with E-state index in [0.717, 1.165) is 10.5 Å². The van der Waals surface area contributed by atoms with Gasteiger partial charge in [0.2, 0.25) is 0 Å². The van der Waals surface area contributed by atoms with Crippen LogP contribution < -0.4 is 5.32 Å². The molecule has 0 aliphatic heterocycles. The van der Waals surface area contributed by atoms with Crippen molar-refractivity contribution in [3.8, 4) is 0 Å². The van der Waals surface area contributed by atoms with Crippen molar-refractivity contribution in [1.82, 2.24) is 5.32 Å². The topological polar surface area (TPSA) is 12.0 Å². The Kier molecular flexibility index (Phi) is 4.42. The van der Waals surface area contributed by atoms with E-state index in [1.165, 1.54) is 37.7 Å². The van der Waals surface area contributed by atoms with Gasteiger partial charge in [-0.15, -0.1) is 0 Å². The highest BCUT2D eigenvalue weighted by atomic mass is 79.9. The van der Waals surface area contributed by atoms with Crippen LogP contribution in [0.2, 0.25) is 0 Å². The maximum absolute atomic E-state index is 3.74. The summed E-state index contributed by atoms with van der Waals surface area (Å²) in [7, 11) is 0. The van der Waals surface area contributed by atoms with Crippen molar-refractivity contribution in [3.63, 3.8) is 0 Å². The van der Waals surface area contributed by atoms with Crippen LogP contribution in [0.5, 0.6) is 0 Å². The predicted octanol–water partition coefficient (Wildman–Crippen LogP) is 4.43. The van der Waals surface area contributed by atoms with Crippen LogP contribution in [0, 0.1) is 0 Å². The summed E-state index contributed by atoms with van der Waals surface area (Å²) in [5.74, 6) is 0. The van der Waals surface area contributed by atoms with Crippen LogP contribution in [-0.4, -0.2) is 6.04 Å². The first-order valence-electron chi connectivity index (χ1n) is 6.27. The maximum atomic E-state index is 3.74. The minimum atomic E-state index is 0.469. The molecule has 0 radical (unpaired) electrons. The normalized spacial score (nSPS) is 19.6. The van der Waals surface area contributed by atoms with E-state index in [1.807, 2.05) is 0 Å². The molecule has 0 spiro atoms. The van der Waals surface area contributed by atoms with Crippen molar-refractivity contribution in [2.75, 3.05) is 0 Å². The molecule has 1 fully saturated rings. The fourth-order valence-corrected chi connectivity index (χ4v) is 2.73. The van der Waals surface area contributed by atoms with Crippen molar-refractivity contribution in [2.45, 2.75) is 51.1 Å². The summed E-state index contributed by atoms with van der Waals surface area (Å²) in [5.41, 5.74) is 1.38. The molecule has 1 aromatic carbocycles. The summed E-state index contributed by atoms with van der Waals surface area (Å²) >= 11 is 3.47. The lowest BCUT2D eigenvalue weighted by atomic mass is 9.94. The molecule has 1 N–H and O–H groups in total. The molecule has 1 nitrogen and oxygen atoms in total. The van der Waals surface area contributed by atoms with Crippen molar-refractivity contribution in [2.24, 2.45) is 0 Å². The van der Waals surface area contributed by atoms with Crippen molar-refractivity contribution >= 4 is 15.9 Å². The molecular formula is C14H20BrN. The van der Waals surface area contributed by atoms with Gasteiger partial charge in [0.25, 0.3) is 0 Å². The van der Waals surface area contributed by atoms with E-state index in [9.17, 15) is 0 Å². The molecule has 88 valence electrons. The van der Waals surface area contributed by atoms with Gasteiger partial charge >= 0.3 is 0 Å². The highest BCUT2D eigenvalue weighted by Gasteiger charge is 2.15. The molecule has 2 rings (SSSR count). The molecule has 0 aromatic heterocycles. The molecular weight excluding hydrogens is 262 g/mol. The van der Waals surface area contributed by atoms with Gasteiger partial charge in [0, 0.05) is 16.6 Å². The quantitative estimate of drug-likeness (QED) is 0.864. The van der Waals surface area contributed by atoms with E-state index >= 15 is 0 Å². The predicted molar refractivity (Wildman–Crippen MR) is 72.6 cm³/mol. The van der Waals surface area contributed by atoms with E-state index in [4.69, 9.17) is 0 Å². The first kappa shape index (κ1) is 12.1. The number of hydrogen-bond donors (Lipinski definition) is 1. The minimum absolute atomic E-state index is 0.469. The second kappa shape index (κ2) is 5.83. The van der Waals surface area contributed by atoms with Gasteiger partial charge in [0.1, 0.15) is 0 Å². The number of benzene rings is 1. The molecule has 1 aliphatic carbocycles. The Hall–Kier alpha value is -0.340. The van der Waals surface area contributed by atoms with Crippen molar-refractivity contribution < 1.29 is 0 Å². The molecule has 1 atom stereocenters. The van der Waals surface area contributed by atoms with Crippen LogP contribution in [0.15, 0.2) is 28.7 Å². The molecule has 1 aliphatic rings. The molecule has 2 heteroatoms. The molecule has 0 amide bonds. The van der Waals surface area contributed by atoms with Crippen molar-refractivity contribution in [1.29, 1.82) is 0 Å². The van der Waals surface area contributed by atoms with Crippen LogP contribution in [0.3, 0.4) is 0 Å². The maximum Gasteiger partial charge on any atom is 0.0294 e. The van der Waals surface area contributed by atoms with Gasteiger partial charge < -0.3 is 5.32 Å². The van der Waals surface area contributed by atoms with Crippen LogP contribution in [0.1, 0.15) is 50.6 Å². The summed E-state index contributed by atoms with van der Waals surface area (Å²) in [4.78, 5) is 0. The van der Waals surface area contributed by atoms with E-state index in [1.54, 1.807) is 0 Å². The van der Waals surface area contributed by atoms with E-state index in [0.29, 0.717) is 6.04 Å². The Balaban J connectivity index is 1.91. The van der Waals surface area contributed by atoms with Crippen molar-refractivity contribution in [3.05, 3.63) is 34.3 Å². The number of nitrogens with one attached hydrogen (secondary N) is 1. The second-order valence-corrected chi connectivity index (χ2v) is 5.69. The third-order valence-corrected chi connectivity index (χ3v) is 3.99. The smallest absolute Gasteiger partial charge is 0.0294 e. The Labute approximate surface area is 107 Å². The number of hydrogen-bond acceptors (Lipinski definition) is 1. The van der Waals surface area contributed by atoms with Gasteiger partial charge in [0.15, 0.2) is 0 Å². The molecule has 1 unspecified atom stereocenters. The zero-order chi connectivity index (χ0) is 11.4. The highest BCUT2D eigenvalue weighted by Crippen LogP contribution is 2.22. The third kappa shape index (κ3) is 3.33. The van der Waals surface area contributed by atoms with Gasteiger partial charge in [-0.2, -0.15) is 0 Å². The van der Waals surface area contributed by atoms with Gasteiger partial charge in [-0.05, 0) is 37.5 Å². The van der Waals surface area contributed by atoms with Crippen LogP contribution >= 0.6 is 15.9 Å². The lowest BCUT2D eigenvalue weighted by molar-refractivity contribution is 0.347. The monoisotopic (exact) mass is 281 g/mol. The standard InChI is InChI=1S/C14H20BrN/c1-11(12-7-9-13(15)10-8-12)16-14-5-3-2-4-6-14/h7-11,14,16H,2-6H2,1H3. The average molecular weight is 282 g/mol. The average Bonchev–Trinajstić information content (AvgIpc) is 2.31. The fourth-order valence-electron chi connectivity index (χ4n) is 2.47. The molecule has 16 heavy (non-hydrogen) atoms.